The first-order valence-electron chi connectivity index (χ1n) is 11.8. The van der Waals surface area contributed by atoms with Crippen molar-refractivity contribution in [1.29, 1.82) is 0 Å². The highest BCUT2D eigenvalue weighted by Crippen LogP contribution is 2.10. The van der Waals surface area contributed by atoms with Crippen LogP contribution in [0.3, 0.4) is 0 Å². The number of aliphatic carboxylic acids is 4. The Morgan fingerprint density at radius 1 is 0.512 bits per heavy atom. The van der Waals surface area contributed by atoms with E-state index in [0.29, 0.717) is 26.4 Å². The molecule has 0 unspecified atom stereocenters. The number of hydrogen-bond donors (Lipinski definition) is 8. The van der Waals surface area contributed by atoms with Gasteiger partial charge in [0.05, 0.1) is 52.9 Å². The number of aliphatic hydroxyl groups is 4. The van der Waals surface area contributed by atoms with Crippen molar-refractivity contribution in [3.05, 3.63) is 48.6 Å². The molecule has 0 radical (unpaired) electrons. The fourth-order valence-corrected chi connectivity index (χ4v) is 0.501. The maximum atomic E-state index is 9.60. The van der Waals surface area contributed by atoms with Crippen molar-refractivity contribution in [3.8, 4) is 0 Å². The lowest BCUT2D eigenvalue weighted by Crippen LogP contribution is -2.20. The summed E-state index contributed by atoms with van der Waals surface area (Å²) in [7, 11) is 0. The van der Waals surface area contributed by atoms with E-state index in [4.69, 9.17) is 50.3 Å². The van der Waals surface area contributed by atoms with Gasteiger partial charge in [-0.05, 0) is 27.7 Å². The van der Waals surface area contributed by atoms with Crippen LogP contribution >= 0.6 is 0 Å². The minimum atomic E-state index is -0.935. The smallest absolute Gasteiger partial charge is 0.330 e. The van der Waals surface area contributed by atoms with Crippen molar-refractivity contribution in [2.45, 2.75) is 41.5 Å². The van der Waals surface area contributed by atoms with E-state index in [2.05, 4.69) is 26.3 Å². The molecule has 0 saturated carbocycles. The van der Waals surface area contributed by atoms with Crippen LogP contribution in [0.1, 0.15) is 41.5 Å². The van der Waals surface area contributed by atoms with Gasteiger partial charge in [-0.25, -0.2) is 19.2 Å². The van der Waals surface area contributed by atoms with Crippen LogP contribution in [0.15, 0.2) is 48.6 Å². The zero-order valence-electron chi connectivity index (χ0n) is 25.0. The molecule has 0 aliphatic carbocycles. The van der Waals surface area contributed by atoms with Gasteiger partial charge in [-0.1, -0.05) is 40.2 Å². The third-order valence-corrected chi connectivity index (χ3v) is 3.16. The lowest BCUT2D eigenvalue weighted by molar-refractivity contribution is -0.133. The van der Waals surface area contributed by atoms with E-state index in [-0.39, 0.29) is 54.1 Å². The molecule has 0 aliphatic rings. The Morgan fingerprint density at radius 3 is 0.756 bits per heavy atom. The molecule has 8 N–H and O–H groups in total. The zero-order valence-corrected chi connectivity index (χ0v) is 25.0. The molecule has 0 bridgehead atoms. The van der Waals surface area contributed by atoms with E-state index in [9.17, 15) is 19.2 Å². The van der Waals surface area contributed by atoms with Gasteiger partial charge < -0.3 is 50.3 Å². The molecule has 14 heteroatoms. The Kier molecular flexibility index (Phi) is 42.6. The Morgan fingerprint density at radius 2 is 0.683 bits per heavy atom. The molecule has 0 aromatic rings. The molecule has 0 aromatic carbocycles. The van der Waals surface area contributed by atoms with Crippen LogP contribution in [-0.4, -0.2) is 118 Å². The second-order valence-corrected chi connectivity index (χ2v) is 8.49. The van der Waals surface area contributed by atoms with Crippen LogP contribution in [0.5, 0.6) is 0 Å². The normalized spacial score (nSPS) is 8.93. The molecule has 0 amide bonds. The lowest BCUT2D eigenvalue weighted by Gasteiger charge is -2.16. The van der Waals surface area contributed by atoms with Crippen LogP contribution < -0.4 is 0 Å². The van der Waals surface area contributed by atoms with Gasteiger partial charge in [0.2, 0.25) is 0 Å². The summed E-state index contributed by atoms with van der Waals surface area (Å²) in [6, 6.07) is 0. The molecule has 0 aromatic heterocycles. The van der Waals surface area contributed by atoms with E-state index >= 15 is 0 Å². The minimum absolute atomic E-state index is 0.0417. The Balaban J connectivity index is -0.0000000908. The maximum Gasteiger partial charge on any atom is 0.330 e. The monoisotopic (exact) mass is 598 g/mol. The van der Waals surface area contributed by atoms with E-state index in [0.717, 1.165) is 0 Å². The number of carbonyl (C=O) groups is 4. The van der Waals surface area contributed by atoms with E-state index in [1.54, 1.807) is 13.8 Å². The van der Waals surface area contributed by atoms with Crippen LogP contribution in [0.4, 0.5) is 0 Å². The molecule has 14 nitrogen and oxygen atoms in total. The standard InChI is InChI=1S/C6H14O4.C5H12O2.4C4H6O2/c7-1-3-9-5-6-10-4-2-8;1-5(2,3-6)4-7;4*1-3(2)4(5)6/h7-8H,1-6H2;6-7H,3-4H2,1-2H3;4*1H2,2H3,(H,5,6). The summed E-state index contributed by atoms with van der Waals surface area (Å²) in [5.74, 6) is -3.74. The molecule has 0 fully saturated rings. The third-order valence-electron chi connectivity index (χ3n) is 3.16. The Bertz CT molecular complexity index is 612. The zero-order chi connectivity index (χ0) is 34.2. The molecule has 0 heterocycles. The van der Waals surface area contributed by atoms with Crippen molar-refractivity contribution < 1.29 is 69.5 Å². The van der Waals surface area contributed by atoms with Gasteiger partial charge in [0.1, 0.15) is 0 Å². The second kappa shape index (κ2) is 34.6. The van der Waals surface area contributed by atoms with Crippen molar-refractivity contribution >= 4 is 23.9 Å². The molecule has 41 heavy (non-hydrogen) atoms. The summed E-state index contributed by atoms with van der Waals surface area (Å²) in [6.45, 7) is 23.8. The molecular weight excluding hydrogens is 548 g/mol. The summed E-state index contributed by atoms with van der Waals surface area (Å²) in [5, 5.41) is 65.0. The number of carboxylic acid groups (broad SMARTS) is 4. The number of rotatable bonds is 13. The summed E-state index contributed by atoms with van der Waals surface area (Å²) in [4.78, 5) is 38.4. The van der Waals surface area contributed by atoms with Gasteiger partial charge in [0.25, 0.3) is 0 Å². The van der Waals surface area contributed by atoms with E-state index in [1.165, 1.54) is 27.7 Å². The SMILES string of the molecule is C=C(C)C(=O)O.C=C(C)C(=O)O.C=C(C)C(=O)O.C=C(C)C(=O)O.CC(C)(CO)CO.OCCOCCOCCO. The van der Waals surface area contributed by atoms with Crippen LogP contribution in [0.2, 0.25) is 0 Å². The fourth-order valence-electron chi connectivity index (χ4n) is 0.501. The van der Waals surface area contributed by atoms with Crippen LogP contribution in [-0.2, 0) is 28.7 Å². The Labute approximate surface area is 242 Å². The molecule has 242 valence electrons. The fraction of sp³-hybridized carbons (Fsp3) is 0.556. The first-order valence-corrected chi connectivity index (χ1v) is 11.8. The highest BCUT2D eigenvalue weighted by Gasteiger charge is 2.13. The van der Waals surface area contributed by atoms with E-state index < -0.39 is 23.9 Å². The highest BCUT2D eigenvalue weighted by atomic mass is 16.5. The van der Waals surface area contributed by atoms with Gasteiger partial charge in [-0.2, -0.15) is 0 Å². The van der Waals surface area contributed by atoms with Crippen molar-refractivity contribution in [2.75, 3.05) is 52.9 Å². The molecule has 0 aliphatic heterocycles. The quantitative estimate of drug-likeness (QED) is 0.111. The van der Waals surface area contributed by atoms with Crippen molar-refractivity contribution in [2.24, 2.45) is 5.41 Å². The number of ether oxygens (including phenoxy) is 2. The predicted molar refractivity (Wildman–Crippen MR) is 154 cm³/mol. The van der Waals surface area contributed by atoms with Gasteiger partial charge in [-0.15, -0.1) is 0 Å². The number of aliphatic hydroxyl groups excluding tert-OH is 4. The second-order valence-electron chi connectivity index (χ2n) is 8.49. The number of carboxylic acids is 4. The summed E-state index contributed by atoms with van der Waals surface area (Å²) in [5.41, 5.74) is 0.398. The van der Waals surface area contributed by atoms with Gasteiger partial charge in [0, 0.05) is 27.7 Å². The maximum absolute atomic E-state index is 9.60. The Hall–Kier alpha value is -3.40. The summed E-state index contributed by atoms with van der Waals surface area (Å²) >= 11 is 0. The van der Waals surface area contributed by atoms with Gasteiger partial charge in [-0.3, -0.25) is 0 Å². The molecule has 0 rings (SSSR count). The predicted octanol–water partition coefficient (Wildman–Crippen LogP) is 1.59. The first kappa shape index (κ1) is 50.4. The van der Waals surface area contributed by atoms with Crippen LogP contribution in [0.25, 0.3) is 0 Å². The van der Waals surface area contributed by atoms with Crippen molar-refractivity contribution in [1.82, 2.24) is 0 Å². The average Bonchev–Trinajstić information content (AvgIpc) is 2.87. The van der Waals surface area contributed by atoms with Crippen molar-refractivity contribution in [3.63, 3.8) is 0 Å². The van der Waals surface area contributed by atoms with Crippen LogP contribution in [0, 0.1) is 5.41 Å². The summed E-state index contributed by atoms with van der Waals surface area (Å²) in [6.07, 6.45) is 0. The third kappa shape index (κ3) is 66.9. The molecule has 0 spiro atoms. The average molecular weight is 599 g/mol. The lowest BCUT2D eigenvalue weighted by atomic mass is 9.97. The first-order chi connectivity index (χ1) is 18.6. The van der Waals surface area contributed by atoms with Gasteiger partial charge in [0.15, 0.2) is 0 Å². The largest absolute Gasteiger partial charge is 0.478 e. The molecule has 0 saturated heterocycles. The number of hydrogen-bond acceptors (Lipinski definition) is 10. The summed E-state index contributed by atoms with van der Waals surface area (Å²) < 4.78 is 9.75. The molecular formula is C27H50O14. The topological polar surface area (TPSA) is 249 Å². The molecule has 0 atom stereocenters. The van der Waals surface area contributed by atoms with E-state index in [1.807, 2.05) is 0 Å². The van der Waals surface area contributed by atoms with Gasteiger partial charge >= 0.3 is 23.9 Å². The highest BCUT2D eigenvalue weighted by molar-refractivity contribution is 5.85. The minimum Gasteiger partial charge on any atom is -0.478 e.